The SMILES string of the molecule is [C-]#[N+]/C(C#N)=C1C=C(/C=C/c2ccc(N3CCC(c4ccccc4)CC3)cc2)OC2(CCCC2)C\1.[C-]#[N+]/C(C#N)=C1C=C(/C=C/c2ccc(N3CCC(c4ccccc4)CC3)cc2)OC2(CCCCC2)C\1.[C-]#[N+]/C(C#N)=C1C=C(/C=C/c2ccc(N3CCCCC3)cc2)OC2(CCCC2)C\1.[C-]#[N+]/C(C#N)=C1C=C(/C=C/c2ccc(N3CCCCC3)cc2)OC2(C\1)Cc1ccccc1C2. The number of fused-ring (bicyclic) bond motifs is 1. The van der Waals surface area contributed by atoms with Gasteiger partial charge in [-0.2, -0.15) is 0 Å². The summed E-state index contributed by atoms with van der Waals surface area (Å²) in [6, 6.07) is 73.2. The van der Waals surface area contributed by atoms with Gasteiger partial charge in [-0.25, -0.2) is 40.4 Å². The van der Waals surface area contributed by atoms with E-state index in [-0.39, 0.29) is 39.6 Å². The van der Waals surface area contributed by atoms with Gasteiger partial charge in [-0.05, 0) is 317 Å². The van der Waals surface area contributed by atoms with E-state index in [2.05, 4.69) is 270 Å². The van der Waals surface area contributed by atoms with Gasteiger partial charge in [0.25, 0.3) is 22.8 Å². The Labute approximate surface area is 787 Å². The van der Waals surface area contributed by atoms with Crippen molar-refractivity contribution < 1.29 is 18.9 Å². The van der Waals surface area contributed by atoms with Gasteiger partial charge in [0.05, 0.1) is 50.6 Å². The number of hydrogen-bond donors (Lipinski definition) is 0. The van der Waals surface area contributed by atoms with Crippen molar-refractivity contribution in [3.63, 3.8) is 0 Å². The molecular weight excluding hydrogens is 1640 g/mol. The van der Waals surface area contributed by atoms with Gasteiger partial charge < -0.3 is 38.5 Å². The molecule has 133 heavy (non-hydrogen) atoms. The van der Waals surface area contributed by atoms with Crippen LogP contribution in [0, 0.1) is 71.6 Å². The lowest BCUT2D eigenvalue weighted by Gasteiger charge is -2.41. The molecule has 8 aliphatic heterocycles. The minimum atomic E-state index is -0.432. The molecule has 16 nitrogen and oxygen atoms in total. The van der Waals surface area contributed by atoms with E-state index in [0.29, 0.717) is 43.3 Å². The molecule has 0 unspecified atom stereocenters. The first-order valence-electron chi connectivity index (χ1n) is 48.2. The van der Waals surface area contributed by atoms with Crippen molar-refractivity contribution in [2.24, 2.45) is 0 Å². The maximum Gasteiger partial charge on any atom is 0.265 e. The Kier molecular flexibility index (Phi) is 30.5. The summed E-state index contributed by atoms with van der Waals surface area (Å²) in [5.74, 6) is 4.28. The molecule has 0 aromatic heterocycles. The molecule has 3 saturated carbocycles. The van der Waals surface area contributed by atoms with Gasteiger partial charge in [-0.3, -0.25) is 0 Å². The fourth-order valence-corrected chi connectivity index (χ4v) is 21.7. The maximum absolute atomic E-state index is 9.50. The molecule has 7 aromatic carbocycles. The fraction of sp³-hybridized carbons (Fsp3) is 0.368. The molecule has 7 aromatic rings. The number of benzene rings is 7. The summed E-state index contributed by atoms with van der Waals surface area (Å²) < 4.78 is 25.8. The van der Waals surface area contributed by atoms with E-state index in [1.807, 2.05) is 48.6 Å². The number of nitriles is 4. The van der Waals surface area contributed by atoms with Crippen LogP contribution in [-0.4, -0.2) is 74.8 Å². The van der Waals surface area contributed by atoms with Crippen LogP contribution in [0.5, 0.6) is 0 Å². The average molecular weight is 1760 g/mol. The van der Waals surface area contributed by atoms with E-state index in [0.717, 1.165) is 204 Å². The van der Waals surface area contributed by atoms with E-state index in [1.54, 1.807) is 0 Å². The van der Waals surface area contributed by atoms with Gasteiger partial charge in [0, 0.05) is 114 Å². The molecule has 0 amide bonds. The first-order valence-corrected chi connectivity index (χ1v) is 48.2. The van der Waals surface area contributed by atoms with Crippen LogP contribution in [0.1, 0.15) is 230 Å². The first kappa shape index (κ1) is 92.0. The molecule has 16 heteroatoms. The molecule has 0 radical (unpaired) electrons. The predicted molar refractivity (Wildman–Crippen MR) is 532 cm³/mol. The second-order valence-corrected chi connectivity index (χ2v) is 37.7. The molecule has 0 atom stereocenters. The third kappa shape index (κ3) is 23.6. The van der Waals surface area contributed by atoms with Crippen LogP contribution in [0.3, 0.4) is 0 Å². The lowest BCUT2D eigenvalue weighted by molar-refractivity contribution is -0.0285. The fourth-order valence-electron chi connectivity index (χ4n) is 21.7. The standard InChI is InChI=1S/C32H33N3O.C31H31N3O.C29H27N3O.C25H27N3O/c1-34-31(24-33)28-22-30(36-32(23-28)18-6-3-7-19-32)15-12-25-10-13-29(14-11-25)35-20-16-27(17-21-35)26-8-4-2-5-9-26;1-33-30(23-32)27-21-29(35-31(22-27)17-5-6-18-31)14-11-24-9-12-28(13-10-24)34-19-15-26(16-20-34)25-7-3-2-4-8-25;1-31-28(21-30)25-17-27(33-29(20-25)18-23-7-3-4-8-24(23)19-29)14-11-22-9-12-26(13-10-22)32-15-5-2-6-16-32;1-27-24(19-26)21-17-23(29-25(18-21)13-3-4-14-25)12-9-20-7-10-22(11-8-20)28-15-5-2-6-16-28/h2,4-5,8-15,22,27H,3,6-7,16-21,23H2;2-4,7-14,21,26H,5-6,15-20,22H2;3-4,7-14,17H,2,5-6,15-16,18-20H2;7-12,17H,2-6,13-16,18H2/b15-12+,31-28+;14-11+,30-27+;14-11+,28-25+;12-9+,24-21+. The molecule has 12 aliphatic rings. The largest absolute Gasteiger partial charge is 0.487 e. The second-order valence-electron chi connectivity index (χ2n) is 37.7. The summed E-state index contributed by atoms with van der Waals surface area (Å²) in [5.41, 5.74) is 17.8. The summed E-state index contributed by atoms with van der Waals surface area (Å²) in [7, 11) is 0. The molecule has 7 fully saturated rings. The van der Waals surface area contributed by atoms with Gasteiger partial charge in [0.2, 0.25) is 0 Å². The Hall–Kier alpha value is -14.3. The molecule has 670 valence electrons. The molecular formula is C117H118N12O4. The monoisotopic (exact) mass is 1750 g/mol. The Morgan fingerprint density at radius 1 is 0.278 bits per heavy atom. The third-order valence-electron chi connectivity index (χ3n) is 28.7. The average Bonchev–Trinajstić information content (AvgIpc) is 1.79. The number of ether oxygens (including phenoxy) is 4. The van der Waals surface area contributed by atoms with Crippen LogP contribution < -0.4 is 19.6 Å². The molecule has 0 bridgehead atoms. The van der Waals surface area contributed by atoms with E-state index >= 15 is 0 Å². The Bertz CT molecular complexity index is 5960. The zero-order chi connectivity index (χ0) is 91.7. The van der Waals surface area contributed by atoms with Gasteiger partial charge in [-0.15, -0.1) is 0 Å². The quantitative estimate of drug-likeness (QED) is 0.0749. The summed E-state index contributed by atoms with van der Waals surface area (Å²) in [6.07, 6.45) is 54.3. The topological polar surface area (TPSA) is 162 Å². The highest BCUT2D eigenvalue weighted by Gasteiger charge is 2.45. The number of hydrogen-bond acceptors (Lipinski definition) is 12. The molecule has 0 N–H and O–H groups in total. The predicted octanol–water partition coefficient (Wildman–Crippen LogP) is 27.4. The smallest absolute Gasteiger partial charge is 0.265 e. The normalized spacial score (nSPS) is 21.4. The number of piperidine rings is 4. The number of anilines is 4. The zero-order valence-electron chi connectivity index (χ0n) is 76.6. The van der Waals surface area contributed by atoms with Gasteiger partial charge in [-0.1, -0.05) is 164 Å². The summed E-state index contributed by atoms with van der Waals surface area (Å²) in [4.78, 5) is 23.7. The van der Waals surface area contributed by atoms with Crippen molar-refractivity contribution in [2.75, 3.05) is 72.0 Å². The number of rotatable bonds is 14. The highest BCUT2D eigenvalue weighted by Crippen LogP contribution is 2.49. The number of allylic oxidation sites excluding steroid dienone is 12. The molecule has 19 rings (SSSR count). The van der Waals surface area contributed by atoms with Gasteiger partial charge >= 0.3 is 0 Å². The van der Waals surface area contributed by atoms with Gasteiger partial charge in [0.15, 0.2) is 0 Å². The van der Waals surface area contributed by atoms with Crippen LogP contribution in [0.15, 0.2) is 299 Å². The lowest BCUT2D eigenvalue weighted by Crippen LogP contribution is -2.37. The van der Waals surface area contributed by atoms with Crippen LogP contribution in [0.4, 0.5) is 22.7 Å². The second kappa shape index (κ2) is 44.1. The van der Waals surface area contributed by atoms with Gasteiger partial charge in [0.1, 0.15) is 45.4 Å². The van der Waals surface area contributed by atoms with Crippen molar-refractivity contribution in [1.82, 2.24) is 0 Å². The van der Waals surface area contributed by atoms with E-state index in [9.17, 15) is 21.0 Å². The molecule has 4 saturated heterocycles. The summed E-state index contributed by atoms with van der Waals surface area (Å²) in [6.45, 7) is 38.4. The van der Waals surface area contributed by atoms with Crippen LogP contribution in [0.25, 0.3) is 43.7 Å². The van der Waals surface area contributed by atoms with Crippen LogP contribution in [-0.2, 0) is 31.8 Å². The van der Waals surface area contributed by atoms with Crippen molar-refractivity contribution >= 4 is 47.1 Å². The molecule has 8 heterocycles. The number of nitrogens with zero attached hydrogens (tertiary/aromatic N) is 12. The lowest BCUT2D eigenvalue weighted by atomic mass is 9.78. The highest BCUT2D eigenvalue weighted by atomic mass is 16.5. The zero-order valence-corrected chi connectivity index (χ0v) is 76.6. The van der Waals surface area contributed by atoms with Crippen molar-refractivity contribution in [2.45, 2.75) is 220 Å². The Balaban J connectivity index is 0.000000130. The first-order chi connectivity index (χ1) is 65.2. The summed E-state index contributed by atoms with van der Waals surface area (Å²) >= 11 is 0. The Morgan fingerprint density at radius 3 is 0.789 bits per heavy atom. The summed E-state index contributed by atoms with van der Waals surface area (Å²) in [5, 5.41) is 37.7. The van der Waals surface area contributed by atoms with E-state index in [1.165, 1.54) is 116 Å². The van der Waals surface area contributed by atoms with Crippen molar-refractivity contribution in [3.05, 3.63) is 389 Å². The minimum absolute atomic E-state index is 0.158. The van der Waals surface area contributed by atoms with E-state index < -0.39 is 5.60 Å². The molecule has 4 aliphatic carbocycles. The minimum Gasteiger partial charge on any atom is -0.487 e. The van der Waals surface area contributed by atoms with Crippen LogP contribution >= 0.6 is 0 Å². The third-order valence-corrected chi connectivity index (χ3v) is 28.7. The Morgan fingerprint density at radius 2 is 0.519 bits per heavy atom. The maximum atomic E-state index is 9.50. The van der Waals surface area contributed by atoms with E-state index in [4.69, 9.17) is 45.2 Å². The molecule has 4 spiro atoms. The van der Waals surface area contributed by atoms with Crippen molar-refractivity contribution in [3.8, 4) is 24.3 Å². The van der Waals surface area contributed by atoms with Crippen molar-refractivity contribution in [1.29, 1.82) is 21.0 Å². The highest BCUT2D eigenvalue weighted by molar-refractivity contribution is 5.64. The van der Waals surface area contributed by atoms with Crippen LogP contribution in [0.2, 0.25) is 0 Å².